The third kappa shape index (κ3) is 7.73. The Kier molecular flexibility index (Phi) is 10.4. The molecule has 34 heavy (non-hydrogen) atoms. The van der Waals surface area contributed by atoms with Crippen molar-refractivity contribution in [3.63, 3.8) is 0 Å². The van der Waals surface area contributed by atoms with E-state index in [4.69, 9.17) is 14.8 Å². The molecule has 0 aliphatic rings. The molecule has 1 aromatic heterocycles. The molecule has 0 spiro atoms. The van der Waals surface area contributed by atoms with Gasteiger partial charge in [0.05, 0.1) is 30.8 Å². The predicted molar refractivity (Wildman–Crippen MR) is 130 cm³/mol. The fourth-order valence-electron chi connectivity index (χ4n) is 3.89. The van der Waals surface area contributed by atoms with Crippen LogP contribution >= 0.6 is 0 Å². The summed E-state index contributed by atoms with van der Waals surface area (Å²) >= 11 is 0. The quantitative estimate of drug-likeness (QED) is 0.349. The van der Waals surface area contributed by atoms with Gasteiger partial charge in [-0.3, -0.25) is 24.6 Å². The summed E-state index contributed by atoms with van der Waals surface area (Å²) in [5, 5.41) is 15.5. The van der Waals surface area contributed by atoms with Crippen molar-refractivity contribution >= 4 is 22.7 Å². The first-order valence-electron chi connectivity index (χ1n) is 11.6. The van der Waals surface area contributed by atoms with Gasteiger partial charge < -0.3 is 15.4 Å². The lowest BCUT2D eigenvalue weighted by Crippen LogP contribution is -2.55. The minimum atomic E-state index is -0.723. The summed E-state index contributed by atoms with van der Waals surface area (Å²) in [6, 6.07) is 8.96. The van der Waals surface area contributed by atoms with Crippen molar-refractivity contribution in [3.05, 3.63) is 42.1 Å². The Bertz CT molecular complexity index is 939. The monoisotopic (exact) mass is 474 g/mol. The zero-order valence-corrected chi connectivity index (χ0v) is 20.9. The number of likely N-dealkylation sites (N-methyl/N-ethyl adjacent to an activating group) is 1. The summed E-state index contributed by atoms with van der Waals surface area (Å²) in [6.07, 6.45) is 1.54. The van der Waals surface area contributed by atoms with Crippen molar-refractivity contribution < 1.29 is 24.4 Å². The lowest BCUT2D eigenvalue weighted by molar-refractivity contribution is -0.170. The van der Waals surface area contributed by atoms with Gasteiger partial charge in [0.1, 0.15) is 6.04 Å². The Hall–Kier alpha value is -2.59. The number of ether oxygens (including phenoxy) is 1. The first-order chi connectivity index (χ1) is 16.1. The van der Waals surface area contributed by atoms with Crippen molar-refractivity contribution in [2.75, 3.05) is 13.7 Å². The van der Waals surface area contributed by atoms with Crippen molar-refractivity contribution in [2.45, 2.75) is 59.8 Å². The molecular formula is C25H38N4O5. The first-order valence-corrected chi connectivity index (χ1v) is 11.6. The van der Waals surface area contributed by atoms with Crippen LogP contribution in [0.3, 0.4) is 0 Å². The molecule has 9 heteroatoms. The maximum Gasteiger partial charge on any atom is 0.242 e. The van der Waals surface area contributed by atoms with E-state index in [0.29, 0.717) is 6.42 Å². The summed E-state index contributed by atoms with van der Waals surface area (Å²) in [7, 11) is 1.55. The summed E-state index contributed by atoms with van der Waals surface area (Å²) in [5.74, 6) is -1.02. The van der Waals surface area contributed by atoms with Crippen molar-refractivity contribution in [2.24, 2.45) is 17.3 Å². The maximum absolute atomic E-state index is 13.5. The van der Waals surface area contributed by atoms with Crippen LogP contribution in [0.25, 0.3) is 10.9 Å². The fraction of sp³-hybridized carbons (Fsp3) is 0.560. The van der Waals surface area contributed by atoms with Crippen molar-refractivity contribution in [1.82, 2.24) is 21.3 Å². The largest absolute Gasteiger partial charge is 0.370 e. The van der Waals surface area contributed by atoms with E-state index in [1.165, 1.54) is 0 Å². The molecule has 0 aliphatic carbocycles. The smallest absolute Gasteiger partial charge is 0.242 e. The molecule has 2 aromatic rings. The van der Waals surface area contributed by atoms with Crippen LogP contribution in [0.15, 0.2) is 36.5 Å². The minimum Gasteiger partial charge on any atom is -0.370 e. The van der Waals surface area contributed by atoms with Gasteiger partial charge in [-0.1, -0.05) is 64.5 Å². The SMILES string of the molecule is CNC(=O)[C@@H](NC(=O)[C@H](CC(C)C)C(CONO)OCc1cccc2cccnc12)C(C)(C)C. The number of fused-ring (bicyclic) bond motifs is 1. The molecule has 0 aliphatic heterocycles. The van der Waals surface area contributed by atoms with E-state index in [9.17, 15) is 9.59 Å². The number of nitrogens with zero attached hydrogens (tertiary/aromatic N) is 1. The third-order valence-corrected chi connectivity index (χ3v) is 5.65. The molecule has 1 unspecified atom stereocenters. The highest BCUT2D eigenvalue weighted by atomic mass is 16.8. The van der Waals surface area contributed by atoms with E-state index in [2.05, 4.69) is 15.6 Å². The highest BCUT2D eigenvalue weighted by Crippen LogP contribution is 2.25. The molecule has 188 valence electrons. The van der Waals surface area contributed by atoms with Gasteiger partial charge in [-0.15, -0.1) is 0 Å². The van der Waals surface area contributed by atoms with Gasteiger partial charge in [0.2, 0.25) is 11.8 Å². The van der Waals surface area contributed by atoms with Gasteiger partial charge in [0.25, 0.3) is 0 Å². The number of benzene rings is 1. The average molecular weight is 475 g/mol. The molecule has 2 amide bonds. The molecule has 0 radical (unpaired) electrons. The number of para-hydroxylation sites is 1. The van der Waals surface area contributed by atoms with Crippen LogP contribution < -0.4 is 16.3 Å². The lowest BCUT2D eigenvalue weighted by Gasteiger charge is -2.33. The van der Waals surface area contributed by atoms with Gasteiger partial charge in [0.15, 0.2) is 0 Å². The van der Waals surface area contributed by atoms with Crippen LogP contribution in [0.2, 0.25) is 0 Å². The number of carbonyl (C=O) groups is 2. The number of hydrogen-bond acceptors (Lipinski definition) is 7. The van der Waals surface area contributed by atoms with E-state index >= 15 is 0 Å². The normalized spacial score (nSPS) is 14.6. The zero-order valence-electron chi connectivity index (χ0n) is 20.9. The Balaban J connectivity index is 2.29. The summed E-state index contributed by atoms with van der Waals surface area (Å²) in [6.45, 7) is 9.84. The number of aromatic nitrogens is 1. The second-order valence-electron chi connectivity index (χ2n) is 9.90. The van der Waals surface area contributed by atoms with E-state index in [-0.39, 0.29) is 30.9 Å². The molecule has 3 atom stereocenters. The van der Waals surface area contributed by atoms with Gasteiger partial charge >= 0.3 is 0 Å². The summed E-state index contributed by atoms with van der Waals surface area (Å²) < 4.78 is 6.20. The van der Waals surface area contributed by atoms with Crippen LogP contribution in [-0.2, 0) is 25.8 Å². The molecule has 9 nitrogen and oxygen atoms in total. The third-order valence-electron chi connectivity index (χ3n) is 5.65. The molecule has 0 bridgehead atoms. The highest BCUT2D eigenvalue weighted by Gasteiger charge is 2.37. The Morgan fingerprint density at radius 3 is 2.44 bits per heavy atom. The number of rotatable bonds is 12. The standard InChI is InChI=1S/C25H38N4O5/c1-16(2)13-19(23(30)28-22(24(31)26-6)25(3,4)5)20(15-34-29-32)33-14-18-10-7-9-17-11-8-12-27-21(17)18/h7-12,16,19-20,22,29,32H,13-15H2,1-6H3,(H,26,31)(H,28,30)/t19-,20?,22-/m1/s1. The highest BCUT2D eigenvalue weighted by molar-refractivity contribution is 5.89. The van der Waals surface area contributed by atoms with Gasteiger partial charge in [-0.25, -0.2) is 0 Å². The maximum atomic E-state index is 13.5. The first kappa shape index (κ1) is 27.7. The molecule has 1 aromatic carbocycles. The van der Waals surface area contributed by atoms with E-state index in [1.54, 1.807) is 18.9 Å². The van der Waals surface area contributed by atoms with Crippen molar-refractivity contribution in [3.8, 4) is 0 Å². The van der Waals surface area contributed by atoms with Gasteiger partial charge in [0, 0.05) is 24.2 Å². The van der Waals surface area contributed by atoms with E-state index in [0.717, 1.165) is 16.5 Å². The molecule has 0 saturated carbocycles. The molecule has 1 heterocycles. The van der Waals surface area contributed by atoms with Crippen LogP contribution in [0.4, 0.5) is 0 Å². The second kappa shape index (κ2) is 12.8. The van der Waals surface area contributed by atoms with Gasteiger partial charge in [-0.05, 0) is 23.8 Å². The molecule has 4 N–H and O–H groups in total. The summed E-state index contributed by atoms with van der Waals surface area (Å²) in [4.78, 5) is 35.4. The summed E-state index contributed by atoms with van der Waals surface area (Å²) in [5.41, 5.74) is 2.88. The molecule has 0 fully saturated rings. The topological polar surface area (TPSA) is 122 Å². The molecule has 0 saturated heterocycles. The molecule has 2 rings (SSSR count). The fourth-order valence-corrected chi connectivity index (χ4v) is 3.89. The van der Waals surface area contributed by atoms with Gasteiger partial charge in [-0.2, -0.15) is 0 Å². The molecular weight excluding hydrogens is 436 g/mol. The zero-order chi connectivity index (χ0) is 25.3. The van der Waals surface area contributed by atoms with E-state index < -0.39 is 23.5 Å². The van der Waals surface area contributed by atoms with Crippen LogP contribution in [0, 0.1) is 17.3 Å². The number of pyridine rings is 1. The minimum absolute atomic E-state index is 0.0698. The predicted octanol–water partition coefficient (Wildman–Crippen LogP) is 2.97. The number of hydrogen-bond donors (Lipinski definition) is 4. The lowest BCUT2D eigenvalue weighted by atomic mass is 9.84. The van der Waals surface area contributed by atoms with Crippen LogP contribution in [0.5, 0.6) is 0 Å². The number of amides is 2. The Morgan fingerprint density at radius 2 is 1.82 bits per heavy atom. The van der Waals surface area contributed by atoms with Crippen LogP contribution in [0.1, 0.15) is 46.6 Å². The Morgan fingerprint density at radius 1 is 1.12 bits per heavy atom. The van der Waals surface area contributed by atoms with Crippen molar-refractivity contribution in [1.29, 1.82) is 0 Å². The Labute approximate surface area is 201 Å². The average Bonchev–Trinajstić information content (AvgIpc) is 2.79. The number of nitrogens with one attached hydrogen (secondary N) is 3. The van der Waals surface area contributed by atoms with Crippen LogP contribution in [-0.4, -0.2) is 47.8 Å². The van der Waals surface area contributed by atoms with E-state index in [1.807, 2.05) is 65.0 Å². The second-order valence-corrected chi connectivity index (χ2v) is 9.90. The number of carbonyl (C=O) groups excluding carboxylic acids is 2.